The molecule has 0 amide bonds. The molecule has 0 bridgehead atoms. The van der Waals surface area contributed by atoms with E-state index in [4.69, 9.17) is 5.11 Å². The van der Waals surface area contributed by atoms with Gasteiger partial charge in [0.2, 0.25) is 0 Å². The molecule has 9 heavy (non-hydrogen) atoms. The molecule has 1 N–H and O–H groups in total. The molecular formula is C8H12O. The Morgan fingerprint density at radius 2 is 2.33 bits per heavy atom. The Hall–Kier alpha value is -0.740. The number of aliphatic hydroxyl groups is 1. The Balaban J connectivity index is 3.72. The molecule has 0 rings (SSSR count). The van der Waals surface area contributed by atoms with Gasteiger partial charge < -0.3 is 5.11 Å². The van der Waals surface area contributed by atoms with Crippen molar-refractivity contribution in [3.63, 3.8) is 0 Å². The first kappa shape index (κ1) is 8.26. The number of aliphatic hydroxyl groups excluding tert-OH is 1. The highest BCUT2D eigenvalue weighted by Crippen LogP contribution is 1.87. The van der Waals surface area contributed by atoms with Gasteiger partial charge in [-0.1, -0.05) is 25.3 Å². The van der Waals surface area contributed by atoms with E-state index in [1.54, 1.807) is 0 Å². The van der Waals surface area contributed by atoms with E-state index in [-0.39, 0.29) is 0 Å². The summed E-state index contributed by atoms with van der Waals surface area (Å²) in [5, 5.41) is 8.89. The number of rotatable bonds is 1. The van der Waals surface area contributed by atoms with Crippen molar-refractivity contribution in [3.05, 3.63) is 12.2 Å². The van der Waals surface area contributed by atoms with Crippen LogP contribution in [0.4, 0.5) is 0 Å². The molecule has 1 heteroatoms. The Morgan fingerprint density at radius 1 is 1.78 bits per heavy atom. The monoisotopic (exact) mass is 124 g/mol. The first-order valence-corrected chi connectivity index (χ1v) is 3.02. The van der Waals surface area contributed by atoms with Gasteiger partial charge in [-0.25, -0.2) is 0 Å². The first-order valence-electron chi connectivity index (χ1n) is 3.02. The zero-order valence-corrected chi connectivity index (χ0v) is 5.94. The van der Waals surface area contributed by atoms with E-state index in [9.17, 15) is 0 Å². The van der Waals surface area contributed by atoms with E-state index < -0.39 is 6.10 Å². The minimum absolute atomic E-state index is 0.485. The summed E-state index contributed by atoms with van der Waals surface area (Å²) in [6.07, 6.45) is 0.196. The van der Waals surface area contributed by atoms with Crippen LogP contribution in [0.3, 0.4) is 0 Å². The molecular weight excluding hydrogens is 112 g/mol. The van der Waals surface area contributed by atoms with Crippen molar-refractivity contribution in [2.75, 3.05) is 0 Å². The van der Waals surface area contributed by atoms with Crippen molar-refractivity contribution in [2.45, 2.75) is 26.4 Å². The molecule has 1 nitrogen and oxygen atoms in total. The van der Waals surface area contributed by atoms with Crippen molar-refractivity contribution >= 4 is 0 Å². The fourth-order valence-electron chi connectivity index (χ4n) is 0.309. The average molecular weight is 124 g/mol. The van der Waals surface area contributed by atoms with Gasteiger partial charge in [-0.2, -0.15) is 0 Å². The fourth-order valence-corrected chi connectivity index (χ4v) is 0.309. The van der Waals surface area contributed by atoms with E-state index >= 15 is 0 Å². The Bertz CT molecular complexity index is 148. The summed E-state index contributed by atoms with van der Waals surface area (Å²) in [5.74, 6) is 5.34. The second kappa shape index (κ2) is 4.17. The van der Waals surface area contributed by atoms with Crippen molar-refractivity contribution in [3.8, 4) is 11.8 Å². The summed E-state index contributed by atoms with van der Waals surface area (Å²) < 4.78 is 0. The summed E-state index contributed by atoms with van der Waals surface area (Å²) in [4.78, 5) is 0. The Kier molecular flexibility index (Phi) is 3.83. The molecule has 0 saturated heterocycles. The fraction of sp³-hybridized carbons (Fsp3) is 0.500. The van der Waals surface area contributed by atoms with Gasteiger partial charge in [-0.05, 0) is 18.9 Å². The quantitative estimate of drug-likeness (QED) is 0.523. The van der Waals surface area contributed by atoms with Crippen LogP contribution in [0.2, 0.25) is 0 Å². The molecule has 1 atom stereocenters. The van der Waals surface area contributed by atoms with Crippen LogP contribution >= 0.6 is 0 Å². The number of allylic oxidation sites excluding steroid dienone is 1. The maximum Gasteiger partial charge on any atom is 0.114 e. The van der Waals surface area contributed by atoms with Crippen LogP contribution in [0.1, 0.15) is 20.3 Å². The molecule has 0 saturated carbocycles. The van der Waals surface area contributed by atoms with Crippen LogP contribution in [0, 0.1) is 11.8 Å². The Labute approximate surface area is 56.4 Å². The molecule has 0 aromatic heterocycles. The topological polar surface area (TPSA) is 20.2 Å². The highest BCUT2D eigenvalue weighted by molar-refractivity contribution is 5.24. The van der Waals surface area contributed by atoms with Gasteiger partial charge in [0.05, 0.1) is 0 Å². The van der Waals surface area contributed by atoms with Crippen LogP contribution in [0.25, 0.3) is 0 Å². The largest absolute Gasteiger partial charge is 0.380 e. The van der Waals surface area contributed by atoms with Gasteiger partial charge in [-0.15, -0.1) is 0 Å². The van der Waals surface area contributed by atoms with E-state index in [0.29, 0.717) is 6.42 Å². The minimum Gasteiger partial charge on any atom is -0.380 e. The third-order valence-corrected chi connectivity index (χ3v) is 0.839. The minimum atomic E-state index is -0.485. The van der Waals surface area contributed by atoms with Gasteiger partial charge in [0.15, 0.2) is 0 Å². The molecule has 0 radical (unpaired) electrons. The molecule has 0 aliphatic heterocycles. The van der Waals surface area contributed by atoms with Crippen LogP contribution in [-0.4, -0.2) is 11.2 Å². The zero-order chi connectivity index (χ0) is 7.28. The molecule has 0 heterocycles. The zero-order valence-electron chi connectivity index (χ0n) is 5.94. The molecule has 0 fully saturated rings. The normalized spacial score (nSPS) is 11.4. The van der Waals surface area contributed by atoms with Crippen molar-refractivity contribution < 1.29 is 5.11 Å². The summed E-state index contributed by atoms with van der Waals surface area (Å²) in [6.45, 7) is 7.28. The van der Waals surface area contributed by atoms with Gasteiger partial charge in [0.25, 0.3) is 0 Å². The second-order valence-corrected chi connectivity index (χ2v) is 1.97. The second-order valence-electron chi connectivity index (χ2n) is 1.97. The van der Waals surface area contributed by atoms with Crippen LogP contribution < -0.4 is 0 Å². The van der Waals surface area contributed by atoms with E-state index in [2.05, 4.69) is 18.4 Å². The Morgan fingerprint density at radius 3 is 2.67 bits per heavy atom. The highest BCUT2D eigenvalue weighted by Gasteiger charge is 1.89. The lowest BCUT2D eigenvalue weighted by Gasteiger charge is -1.92. The maximum absolute atomic E-state index is 8.89. The standard InChI is InChI=1S/C8H12O/c1-4-8(9)6-5-7(2)3/h8-9H,2,4H2,1,3H3/t8-/m0/s1. The molecule has 0 aromatic rings. The third-order valence-electron chi connectivity index (χ3n) is 0.839. The van der Waals surface area contributed by atoms with Crippen molar-refractivity contribution in [1.82, 2.24) is 0 Å². The van der Waals surface area contributed by atoms with Gasteiger partial charge in [0, 0.05) is 0 Å². The van der Waals surface area contributed by atoms with Crippen LogP contribution in [0.5, 0.6) is 0 Å². The van der Waals surface area contributed by atoms with Crippen LogP contribution in [-0.2, 0) is 0 Å². The van der Waals surface area contributed by atoms with E-state index in [1.807, 2.05) is 13.8 Å². The molecule has 50 valence electrons. The molecule has 0 spiro atoms. The smallest absolute Gasteiger partial charge is 0.114 e. The van der Waals surface area contributed by atoms with Gasteiger partial charge in [0.1, 0.15) is 6.10 Å². The maximum atomic E-state index is 8.89. The summed E-state index contributed by atoms with van der Waals surface area (Å²) in [7, 11) is 0. The van der Waals surface area contributed by atoms with Crippen LogP contribution in [0.15, 0.2) is 12.2 Å². The molecule has 0 aliphatic rings. The third kappa shape index (κ3) is 5.13. The lowest BCUT2D eigenvalue weighted by atomic mass is 10.2. The van der Waals surface area contributed by atoms with Crippen molar-refractivity contribution in [2.24, 2.45) is 0 Å². The summed E-state index contributed by atoms with van der Waals surface area (Å²) in [5.41, 5.74) is 0.794. The lowest BCUT2D eigenvalue weighted by Crippen LogP contribution is -1.98. The van der Waals surface area contributed by atoms with E-state index in [0.717, 1.165) is 5.57 Å². The summed E-state index contributed by atoms with van der Waals surface area (Å²) >= 11 is 0. The van der Waals surface area contributed by atoms with Gasteiger partial charge in [-0.3, -0.25) is 0 Å². The van der Waals surface area contributed by atoms with Gasteiger partial charge >= 0.3 is 0 Å². The predicted molar refractivity (Wildman–Crippen MR) is 38.9 cm³/mol. The van der Waals surface area contributed by atoms with E-state index in [1.165, 1.54) is 0 Å². The summed E-state index contributed by atoms with van der Waals surface area (Å²) in [6, 6.07) is 0. The average Bonchev–Trinajstić information content (AvgIpc) is 1.83. The highest BCUT2D eigenvalue weighted by atomic mass is 16.3. The lowest BCUT2D eigenvalue weighted by molar-refractivity contribution is 0.228. The molecule has 0 aliphatic carbocycles. The van der Waals surface area contributed by atoms with Crippen molar-refractivity contribution in [1.29, 1.82) is 0 Å². The number of hydrogen-bond donors (Lipinski definition) is 1. The molecule has 0 unspecified atom stereocenters. The SMILES string of the molecule is C=C(C)C#C[C@@H](O)CC. The molecule has 0 aromatic carbocycles. The predicted octanol–water partition coefficient (Wildman–Crippen LogP) is 1.34. The first-order chi connectivity index (χ1) is 4.16. The number of hydrogen-bond acceptors (Lipinski definition) is 1.